The minimum Gasteiger partial charge on any atom is -0.339 e. The van der Waals surface area contributed by atoms with E-state index in [9.17, 15) is 26.7 Å². The number of carbonyl (C=O) groups excluding carboxylic acids is 1. The summed E-state index contributed by atoms with van der Waals surface area (Å²) in [7, 11) is 0. The Morgan fingerprint density at radius 1 is 1.07 bits per heavy atom. The van der Waals surface area contributed by atoms with E-state index in [1.807, 2.05) is 4.90 Å². The van der Waals surface area contributed by atoms with Gasteiger partial charge < -0.3 is 4.90 Å². The van der Waals surface area contributed by atoms with Crippen molar-refractivity contribution in [2.24, 2.45) is 0 Å². The number of alkyl halides is 4. The maximum Gasteiger partial charge on any atom is 0.283 e. The Kier molecular flexibility index (Phi) is 7.20. The lowest BCUT2D eigenvalue weighted by atomic mass is 10.2. The maximum absolute atomic E-state index is 13.2. The molecule has 5 nitrogen and oxygen atoms in total. The third kappa shape index (κ3) is 5.04. The van der Waals surface area contributed by atoms with Crippen LogP contribution in [0.5, 0.6) is 0 Å². The van der Waals surface area contributed by atoms with Crippen molar-refractivity contribution in [3.63, 3.8) is 0 Å². The number of nitrogens with zero attached hydrogens (tertiary/aromatic N) is 4. The largest absolute Gasteiger partial charge is 0.339 e. The van der Waals surface area contributed by atoms with E-state index in [4.69, 9.17) is 23.2 Å². The molecular formula is C18H17Cl2F5N4O. The van der Waals surface area contributed by atoms with Crippen molar-refractivity contribution in [3.8, 4) is 0 Å². The van der Waals surface area contributed by atoms with Gasteiger partial charge in [0.15, 0.2) is 0 Å². The van der Waals surface area contributed by atoms with E-state index in [0.29, 0.717) is 42.4 Å². The van der Waals surface area contributed by atoms with E-state index in [0.717, 1.165) is 5.56 Å². The van der Waals surface area contributed by atoms with Crippen molar-refractivity contribution in [1.82, 2.24) is 19.6 Å². The minimum atomic E-state index is -3.15. The first kappa shape index (κ1) is 22.8. The highest BCUT2D eigenvalue weighted by Gasteiger charge is 2.30. The van der Waals surface area contributed by atoms with Crippen LogP contribution in [-0.2, 0) is 17.9 Å². The maximum atomic E-state index is 13.2. The number of rotatable bonds is 6. The van der Waals surface area contributed by atoms with Crippen molar-refractivity contribution in [2.45, 2.75) is 25.9 Å². The van der Waals surface area contributed by atoms with Crippen molar-refractivity contribution >= 4 is 29.1 Å². The highest BCUT2D eigenvalue weighted by Crippen LogP contribution is 2.34. The topological polar surface area (TPSA) is 41.4 Å². The summed E-state index contributed by atoms with van der Waals surface area (Å²) in [6.45, 7) is 1.41. The molecule has 2 heterocycles. The second-order valence-corrected chi connectivity index (χ2v) is 7.52. The summed E-state index contributed by atoms with van der Waals surface area (Å²) in [6, 6.07) is 4.12. The molecule has 0 saturated carbocycles. The van der Waals surface area contributed by atoms with Gasteiger partial charge >= 0.3 is 0 Å². The summed E-state index contributed by atoms with van der Waals surface area (Å²) < 4.78 is 66.0. The van der Waals surface area contributed by atoms with Crippen molar-refractivity contribution < 1.29 is 26.7 Å². The molecule has 0 bridgehead atoms. The summed E-state index contributed by atoms with van der Waals surface area (Å²) in [4.78, 5) is 15.9. The van der Waals surface area contributed by atoms with Gasteiger partial charge in [0.25, 0.3) is 12.9 Å². The van der Waals surface area contributed by atoms with Crippen LogP contribution in [0.3, 0.4) is 0 Å². The van der Waals surface area contributed by atoms with Gasteiger partial charge in [0.2, 0.25) is 5.91 Å². The molecule has 30 heavy (non-hydrogen) atoms. The van der Waals surface area contributed by atoms with Crippen LogP contribution in [0.25, 0.3) is 0 Å². The van der Waals surface area contributed by atoms with E-state index in [2.05, 4.69) is 5.10 Å². The fraction of sp³-hybridized carbons (Fsp3) is 0.444. The normalized spacial score (nSPS) is 15.4. The molecule has 1 fully saturated rings. The predicted molar refractivity (Wildman–Crippen MR) is 100 cm³/mol. The predicted octanol–water partition coefficient (Wildman–Crippen LogP) is 4.55. The number of aromatic nitrogens is 2. The number of halogens is 7. The summed E-state index contributed by atoms with van der Waals surface area (Å²) in [5.74, 6) is -0.965. The second kappa shape index (κ2) is 9.49. The van der Waals surface area contributed by atoms with Crippen molar-refractivity contribution in [2.75, 3.05) is 26.2 Å². The molecule has 1 aliphatic rings. The van der Waals surface area contributed by atoms with Gasteiger partial charge in [-0.25, -0.2) is 22.0 Å². The number of amides is 1. The van der Waals surface area contributed by atoms with Crippen LogP contribution in [0.4, 0.5) is 22.0 Å². The molecule has 1 saturated heterocycles. The molecule has 0 atom stereocenters. The lowest BCUT2D eigenvalue weighted by Crippen LogP contribution is -2.49. The van der Waals surface area contributed by atoms with E-state index in [1.165, 1.54) is 17.0 Å². The molecule has 0 aliphatic carbocycles. The molecule has 1 aromatic carbocycles. The second-order valence-electron chi connectivity index (χ2n) is 6.74. The summed E-state index contributed by atoms with van der Waals surface area (Å²) in [5, 5.41) is 2.88. The van der Waals surface area contributed by atoms with Crippen LogP contribution >= 0.6 is 23.2 Å². The zero-order valence-electron chi connectivity index (χ0n) is 15.5. The van der Waals surface area contributed by atoms with Gasteiger partial charge in [-0.3, -0.25) is 14.4 Å². The Morgan fingerprint density at radius 2 is 1.73 bits per heavy atom. The molecule has 0 unspecified atom stereocenters. The monoisotopic (exact) mass is 470 g/mol. The van der Waals surface area contributed by atoms with Gasteiger partial charge in [-0.15, -0.1) is 0 Å². The van der Waals surface area contributed by atoms with Crippen LogP contribution in [0.2, 0.25) is 10.0 Å². The van der Waals surface area contributed by atoms with Gasteiger partial charge in [0, 0.05) is 37.7 Å². The first-order chi connectivity index (χ1) is 14.2. The number of carbonyl (C=O) groups is 1. The molecule has 0 N–H and O–H groups in total. The van der Waals surface area contributed by atoms with E-state index >= 15 is 0 Å². The Bertz CT molecular complexity index is 916. The Hall–Kier alpha value is -1.91. The average molecular weight is 471 g/mol. The van der Waals surface area contributed by atoms with E-state index < -0.39 is 47.5 Å². The number of benzene rings is 1. The number of hydrogen-bond donors (Lipinski definition) is 0. The zero-order chi connectivity index (χ0) is 22.0. The number of hydrogen-bond acceptors (Lipinski definition) is 3. The summed E-state index contributed by atoms with van der Waals surface area (Å²) >= 11 is 11.6. The SMILES string of the molecule is O=C(Cn1nc(C(F)F)c(Cl)c1C(F)F)N1CCN(Cc2ccc(F)cc2Cl)CC1. The Labute approximate surface area is 178 Å². The van der Waals surface area contributed by atoms with Gasteiger partial charge in [0.1, 0.15) is 23.7 Å². The standard InChI is InChI=1S/C18H17Cl2F5N4O/c19-12-7-11(21)2-1-10(12)8-27-3-5-28(6-4-27)13(30)9-29-16(18(24)25)14(20)15(26-29)17(22)23/h1-2,7,17-18H,3-6,8-9H2. The molecule has 1 aromatic heterocycles. The highest BCUT2D eigenvalue weighted by molar-refractivity contribution is 6.32. The van der Waals surface area contributed by atoms with Crippen molar-refractivity contribution in [1.29, 1.82) is 0 Å². The van der Waals surface area contributed by atoms with Gasteiger partial charge in [-0.2, -0.15) is 5.10 Å². The minimum absolute atomic E-state index is 0.304. The molecular weight excluding hydrogens is 454 g/mol. The molecule has 164 valence electrons. The van der Waals surface area contributed by atoms with Crippen LogP contribution in [0.15, 0.2) is 18.2 Å². The smallest absolute Gasteiger partial charge is 0.283 e. The first-order valence-corrected chi connectivity index (χ1v) is 9.69. The molecule has 0 radical (unpaired) electrons. The molecule has 12 heteroatoms. The zero-order valence-corrected chi connectivity index (χ0v) is 17.0. The molecule has 0 spiro atoms. The fourth-order valence-electron chi connectivity index (χ4n) is 3.22. The molecule has 3 rings (SSSR count). The van der Waals surface area contributed by atoms with Gasteiger partial charge in [-0.1, -0.05) is 29.3 Å². The lowest BCUT2D eigenvalue weighted by molar-refractivity contribution is -0.134. The number of piperazine rings is 1. The summed E-state index contributed by atoms with van der Waals surface area (Å²) in [6.07, 6.45) is -6.28. The third-order valence-electron chi connectivity index (χ3n) is 4.79. The highest BCUT2D eigenvalue weighted by atomic mass is 35.5. The quantitative estimate of drug-likeness (QED) is 0.581. The van der Waals surface area contributed by atoms with Crippen LogP contribution in [0.1, 0.15) is 29.8 Å². The average Bonchev–Trinajstić information content (AvgIpc) is 3.01. The van der Waals surface area contributed by atoms with Crippen LogP contribution in [0, 0.1) is 5.82 Å². The lowest BCUT2D eigenvalue weighted by Gasteiger charge is -2.35. The Balaban J connectivity index is 1.61. The third-order valence-corrected chi connectivity index (χ3v) is 5.53. The van der Waals surface area contributed by atoms with Gasteiger partial charge in [-0.05, 0) is 17.7 Å². The molecule has 1 amide bonds. The molecule has 1 aliphatic heterocycles. The van der Waals surface area contributed by atoms with Gasteiger partial charge in [0.05, 0.1) is 5.02 Å². The van der Waals surface area contributed by atoms with E-state index in [1.54, 1.807) is 6.07 Å². The first-order valence-electron chi connectivity index (χ1n) is 8.93. The van der Waals surface area contributed by atoms with Crippen LogP contribution < -0.4 is 0 Å². The van der Waals surface area contributed by atoms with Crippen molar-refractivity contribution in [3.05, 3.63) is 51.0 Å². The summed E-state index contributed by atoms with van der Waals surface area (Å²) in [5.41, 5.74) is -1.13. The molecule has 2 aromatic rings. The Morgan fingerprint density at radius 3 is 2.30 bits per heavy atom. The fourth-order valence-corrected chi connectivity index (χ4v) is 3.74. The van der Waals surface area contributed by atoms with E-state index in [-0.39, 0.29) is 0 Å². The van der Waals surface area contributed by atoms with Crippen LogP contribution in [-0.4, -0.2) is 51.7 Å².